The molecule has 0 radical (unpaired) electrons. The van der Waals surface area contributed by atoms with Crippen molar-refractivity contribution in [1.82, 2.24) is 34.4 Å². The van der Waals surface area contributed by atoms with Gasteiger partial charge in [0.15, 0.2) is 5.65 Å². The van der Waals surface area contributed by atoms with Gasteiger partial charge in [-0.05, 0) is 29.6 Å². The number of carbonyl (C=O) groups is 1. The minimum atomic E-state index is -0.0456. The lowest BCUT2D eigenvalue weighted by Crippen LogP contribution is -2.52. The van der Waals surface area contributed by atoms with Crippen LogP contribution in [0.5, 0.6) is 0 Å². The van der Waals surface area contributed by atoms with Gasteiger partial charge in [0.25, 0.3) is 0 Å². The number of carbonyl (C=O) groups excluding carboxylic acids is 1. The van der Waals surface area contributed by atoms with Crippen LogP contribution in [0.3, 0.4) is 0 Å². The number of piperazine rings is 1. The number of urea groups is 1. The Balaban J connectivity index is 1.31. The zero-order valence-electron chi connectivity index (χ0n) is 15.4. The maximum Gasteiger partial charge on any atom is 0.317 e. The molecule has 4 rings (SSSR count). The Hall–Kier alpha value is -2.75. The lowest BCUT2D eigenvalue weighted by molar-refractivity contribution is 0.194. The standard InChI is InChI=1S/C17H22N8OS/c1-12(2)16-13(27-22-20-16)11-19-17(26)24-9-7-23(8-10-24)15-4-3-14-18-5-6-25(14)21-15/h3-6,12H,7-11H2,1-2H3,(H,19,26). The molecule has 10 heteroatoms. The third-order valence-electron chi connectivity index (χ3n) is 4.66. The summed E-state index contributed by atoms with van der Waals surface area (Å²) in [4.78, 5) is 21.8. The van der Waals surface area contributed by atoms with Crippen molar-refractivity contribution in [2.24, 2.45) is 0 Å². The number of rotatable bonds is 4. The van der Waals surface area contributed by atoms with Gasteiger partial charge in [-0.2, -0.15) is 0 Å². The Bertz CT molecular complexity index is 928. The van der Waals surface area contributed by atoms with E-state index in [-0.39, 0.29) is 6.03 Å². The summed E-state index contributed by atoms with van der Waals surface area (Å²) in [7, 11) is 0. The molecule has 142 valence electrons. The van der Waals surface area contributed by atoms with Gasteiger partial charge in [-0.15, -0.1) is 10.2 Å². The fourth-order valence-corrected chi connectivity index (χ4v) is 3.89. The quantitative estimate of drug-likeness (QED) is 0.734. The summed E-state index contributed by atoms with van der Waals surface area (Å²) in [6.45, 7) is 7.46. The van der Waals surface area contributed by atoms with Gasteiger partial charge in [-0.25, -0.2) is 14.3 Å². The molecule has 3 aromatic rings. The molecule has 3 aromatic heterocycles. The molecule has 1 N–H and O–H groups in total. The van der Waals surface area contributed by atoms with E-state index in [1.54, 1.807) is 10.7 Å². The number of nitrogens with zero attached hydrogens (tertiary/aromatic N) is 7. The summed E-state index contributed by atoms with van der Waals surface area (Å²) in [5.41, 5.74) is 1.79. The zero-order valence-corrected chi connectivity index (χ0v) is 16.2. The molecule has 1 aliphatic heterocycles. The minimum absolute atomic E-state index is 0.0456. The first-order chi connectivity index (χ1) is 13.1. The fourth-order valence-electron chi connectivity index (χ4n) is 3.16. The van der Waals surface area contributed by atoms with Crippen LogP contribution in [0.2, 0.25) is 0 Å². The van der Waals surface area contributed by atoms with Crippen LogP contribution in [0.1, 0.15) is 30.3 Å². The van der Waals surface area contributed by atoms with Gasteiger partial charge < -0.3 is 15.1 Å². The lowest BCUT2D eigenvalue weighted by atomic mass is 10.1. The number of fused-ring (bicyclic) bond motifs is 1. The molecule has 4 heterocycles. The monoisotopic (exact) mass is 386 g/mol. The molecule has 1 saturated heterocycles. The maximum atomic E-state index is 12.5. The van der Waals surface area contributed by atoms with E-state index in [1.165, 1.54) is 11.5 Å². The van der Waals surface area contributed by atoms with Gasteiger partial charge >= 0.3 is 6.03 Å². The van der Waals surface area contributed by atoms with Crippen LogP contribution >= 0.6 is 11.5 Å². The van der Waals surface area contributed by atoms with Gasteiger partial charge in [0.05, 0.1) is 17.1 Å². The number of amides is 2. The predicted octanol–water partition coefficient (Wildman–Crippen LogP) is 1.74. The Morgan fingerprint density at radius 1 is 1.26 bits per heavy atom. The number of anilines is 1. The van der Waals surface area contributed by atoms with Crippen molar-refractivity contribution >= 4 is 29.0 Å². The molecule has 2 amide bonds. The third kappa shape index (κ3) is 3.70. The molecule has 0 atom stereocenters. The molecule has 9 nitrogen and oxygen atoms in total. The van der Waals surface area contributed by atoms with Crippen LogP contribution in [0, 0.1) is 0 Å². The van der Waals surface area contributed by atoms with Gasteiger partial charge in [-0.1, -0.05) is 18.3 Å². The average Bonchev–Trinajstić information content (AvgIpc) is 3.34. The highest BCUT2D eigenvalue weighted by molar-refractivity contribution is 7.05. The van der Waals surface area contributed by atoms with Crippen LogP contribution in [0.15, 0.2) is 24.5 Å². The van der Waals surface area contributed by atoms with Crippen molar-refractivity contribution in [3.05, 3.63) is 35.1 Å². The Kier molecular flexibility index (Phi) is 4.88. The van der Waals surface area contributed by atoms with Crippen molar-refractivity contribution in [3.8, 4) is 0 Å². The molecule has 0 spiro atoms. The van der Waals surface area contributed by atoms with Gasteiger partial charge in [0.2, 0.25) is 0 Å². The topological polar surface area (TPSA) is 91.5 Å². The third-order valence-corrected chi connectivity index (χ3v) is 5.40. The summed E-state index contributed by atoms with van der Waals surface area (Å²) in [5.74, 6) is 1.21. The highest BCUT2D eigenvalue weighted by Crippen LogP contribution is 2.19. The Labute approximate surface area is 161 Å². The molecular weight excluding hydrogens is 364 g/mol. The van der Waals surface area contributed by atoms with Crippen molar-refractivity contribution in [1.29, 1.82) is 0 Å². The Morgan fingerprint density at radius 2 is 2.07 bits per heavy atom. The summed E-state index contributed by atoms with van der Waals surface area (Å²) >= 11 is 1.35. The molecular formula is C17H22N8OS. The zero-order chi connectivity index (χ0) is 18.8. The highest BCUT2D eigenvalue weighted by atomic mass is 32.1. The molecule has 0 saturated carbocycles. The second-order valence-electron chi connectivity index (χ2n) is 6.79. The van der Waals surface area contributed by atoms with Gasteiger partial charge in [0.1, 0.15) is 5.82 Å². The maximum absolute atomic E-state index is 12.5. The summed E-state index contributed by atoms with van der Waals surface area (Å²) in [6.07, 6.45) is 3.57. The molecule has 27 heavy (non-hydrogen) atoms. The van der Waals surface area contributed by atoms with Crippen LogP contribution in [-0.4, -0.2) is 61.3 Å². The molecule has 0 aliphatic carbocycles. The van der Waals surface area contributed by atoms with Crippen LogP contribution in [0.4, 0.5) is 10.6 Å². The predicted molar refractivity (Wildman–Crippen MR) is 103 cm³/mol. The SMILES string of the molecule is CC(C)c1nnsc1CNC(=O)N1CCN(c2ccc3nccn3n2)CC1. The van der Waals surface area contributed by atoms with Crippen molar-refractivity contribution in [2.45, 2.75) is 26.3 Å². The van der Waals surface area contributed by atoms with Crippen molar-refractivity contribution in [2.75, 3.05) is 31.1 Å². The summed E-state index contributed by atoms with van der Waals surface area (Å²) in [5, 5.41) is 11.7. The first-order valence-electron chi connectivity index (χ1n) is 9.01. The van der Waals surface area contributed by atoms with E-state index in [9.17, 15) is 4.79 Å². The van der Waals surface area contributed by atoms with Crippen LogP contribution in [0.25, 0.3) is 5.65 Å². The Morgan fingerprint density at radius 3 is 2.85 bits per heavy atom. The number of hydrogen-bond acceptors (Lipinski definition) is 7. The first-order valence-corrected chi connectivity index (χ1v) is 9.78. The number of imidazole rings is 1. The van der Waals surface area contributed by atoms with E-state index in [0.717, 1.165) is 35.1 Å². The smallest absolute Gasteiger partial charge is 0.317 e. The molecule has 0 bridgehead atoms. The minimum Gasteiger partial charge on any atom is -0.352 e. The number of hydrogen-bond donors (Lipinski definition) is 1. The van der Waals surface area contributed by atoms with Crippen molar-refractivity contribution in [3.63, 3.8) is 0 Å². The van der Waals surface area contributed by atoms with E-state index >= 15 is 0 Å². The lowest BCUT2D eigenvalue weighted by Gasteiger charge is -2.35. The second-order valence-corrected chi connectivity index (χ2v) is 7.63. The van der Waals surface area contributed by atoms with E-state index in [4.69, 9.17) is 0 Å². The number of nitrogens with one attached hydrogen (secondary N) is 1. The van der Waals surface area contributed by atoms with E-state index in [2.05, 4.69) is 43.7 Å². The molecule has 1 fully saturated rings. The first kappa shape index (κ1) is 17.7. The normalized spacial score (nSPS) is 14.9. The van der Waals surface area contributed by atoms with Crippen molar-refractivity contribution < 1.29 is 4.79 Å². The average molecular weight is 386 g/mol. The van der Waals surface area contributed by atoms with Crippen LogP contribution in [-0.2, 0) is 6.54 Å². The van der Waals surface area contributed by atoms with E-state index in [0.29, 0.717) is 25.6 Å². The summed E-state index contributed by atoms with van der Waals surface area (Å²) in [6, 6.07) is 3.88. The number of aromatic nitrogens is 5. The largest absolute Gasteiger partial charge is 0.352 e. The second kappa shape index (κ2) is 7.47. The van der Waals surface area contributed by atoms with Gasteiger partial charge in [-0.3, -0.25) is 0 Å². The molecule has 0 unspecified atom stereocenters. The molecule has 0 aromatic carbocycles. The fraction of sp³-hybridized carbons (Fsp3) is 0.471. The summed E-state index contributed by atoms with van der Waals surface area (Å²) < 4.78 is 5.77. The molecule has 1 aliphatic rings. The van der Waals surface area contributed by atoms with Gasteiger partial charge in [0, 0.05) is 38.6 Å². The highest BCUT2D eigenvalue weighted by Gasteiger charge is 2.22. The van der Waals surface area contributed by atoms with Crippen LogP contribution < -0.4 is 10.2 Å². The van der Waals surface area contributed by atoms with E-state index < -0.39 is 0 Å². The van der Waals surface area contributed by atoms with E-state index in [1.807, 2.05) is 23.2 Å².